The SMILES string of the molecule is CCN1CCC(N(C)C(=O)CC#N)CC1. The molecule has 1 heterocycles. The third kappa shape index (κ3) is 3.21. The third-order valence-corrected chi connectivity index (χ3v) is 3.18. The van der Waals surface area contributed by atoms with Gasteiger partial charge in [-0.25, -0.2) is 0 Å². The smallest absolute Gasteiger partial charge is 0.236 e. The normalized spacial score (nSPS) is 18.5. The van der Waals surface area contributed by atoms with Crippen molar-refractivity contribution in [2.24, 2.45) is 0 Å². The molecule has 4 nitrogen and oxygen atoms in total. The number of rotatable bonds is 3. The van der Waals surface area contributed by atoms with Gasteiger partial charge in [0.1, 0.15) is 6.42 Å². The Hall–Kier alpha value is -1.08. The van der Waals surface area contributed by atoms with Crippen molar-refractivity contribution in [3.05, 3.63) is 0 Å². The van der Waals surface area contributed by atoms with Gasteiger partial charge in [0.2, 0.25) is 5.91 Å². The molecule has 1 aliphatic rings. The summed E-state index contributed by atoms with van der Waals surface area (Å²) in [6.45, 7) is 5.37. The summed E-state index contributed by atoms with van der Waals surface area (Å²) in [5.74, 6) is -0.0487. The van der Waals surface area contributed by atoms with Crippen LogP contribution < -0.4 is 0 Å². The average Bonchev–Trinajstić information content (AvgIpc) is 2.28. The first-order chi connectivity index (χ1) is 7.19. The van der Waals surface area contributed by atoms with Crippen LogP contribution in [0.15, 0.2) is 0 Å². The summed E-state index contributed by atoms with van der Waals surface area (Å²) in [5.41, 5.74) is 0. The molecule has 0 atom stereocenters. The van der Waals surface area contributed by atoms with Crippen LogP contribution in [0, 0.1) is 11.3 Å². The highest BCUT2D eigenvalue weighted by atomic mass is 16.2. The minimum Gasteiger partial charge on any atom is -0.342 e. The van der Waals surface area contributed by atoms with Crippen molar-refractivity contribution in [2.75, 3.05) is 26.7 Å². The van der Waals surface area contributed by atoms with E-state index in [0.717, 1.165) is 32.5 Å². The maximum atomic E-state index is 11.5. The fraction of sp³-hybridized carbons (Fsp3) is 0.818. The zero-order valence-corrected chi connectivity index (χ0v) is 9.57. The number of nitrogens with zero attached hydrogens (tertiary/aromatic N) is 3. The fourth-order valence-electron chi connectivity index (χ4n) is 2.02. The van der Waals surface area contributed by atoms with E-state index in [9.17, 15) is 4.79 Å². The second kappa shape index (κ2) is 5.72. The van der Waals surface area contributed by atoms with Crippen molar-refractivity contribution >= 4 is 5.91 Å². The van der Waals surface area contributed by atoms with Gasteiger partial charge in [0, 0.05) is 26.2 Å². The van der Waals surface area contributed by atoms with Crippen LogP contribution in [-0.4, -0.2) is 48.4 Å². The number of likely N-dealkylation sites (tertiary alicyclic amines) is 1. The summed E-state index contributed by atoms with van der Waals surface area (Å²) in [6, 6.07) is 2.23. The van der Waals surface area contributed by atoms with Crippen molar-refractivity contribution in [3.8, 4) is 6.07 Å². The van der Waals surface area contributed by atoms with Crippen LogP contribution in [0.4, 0.5) is 0 Å². The van der Waals surface area contributed by atoms with Crippen molar-refractivity contribution in [1.29, 1.82) is 5.26 Å². The monoisotopic (exact) mass is 209 g/mol. The van der Waals surface area contributed by atoms with E-state index in [4.69, 9.17) is 5.26 Å². The van der Waals surface area contributed by atoms with E-state index in [0.29, 0.717) is 6.04 Å². The molecule has 0 bridgehead atoms. The third-order valence-electron chi connectivity index (χ3n) is 3.18. The van der Waals surface area contributed by atoms with Gasteiger partial charge in [-0.3, -0.25) is 4.79 Å². The predicted molar refractivity (Wildman–Crippen MR) is 58.1 cm³/mol. The van der Waals surface area contributed by atoms with Crippen LogP contribution in [0.25, 0.3) is 0 Å². The average molecular weight is 209 g/mol. The standard InChI is InChI=1S/C11H19N3O/c1-3-14-8-5-10(6-9-14)13(2)11(15)4-7-12/h10H,3-6,8-9H2,1-2H3. The molecule has 0 aromatic carbocycles. The Balaban J connectivity index is 2.39. The number of hydrogen-bond acceptors (Lipinski definition) is 3. The highest BCUT2D eigenvalue weighted by molar-refractivity contribution is 5.78. The van der Waals surface area contributed by atoms with Gasteiger partial charge in [0.25, 0.3) is 0 Å². The van der Waals surface area contributed by atoms with Gasteiger partial charge in [0.15, 0.2) is 0 Å². The van der Waals surface area contributed by atoms with Crippen LogP contribution in [0.2, 0.25) is 0 Å². The van der Waals surface area contributed by atoms with Gasteiger partial charge in [-0.1, -0.05) is 6.92 Å². The lowest BCUT2D eigenvalue weighted by molar-refractivity contribution is -0.131. The largest absolute Gasteiger partial charge is 0.342 e. The second-order valence-electron chi connectivity index (χ2n) is 4.00. The summed E-state index contributed by atoms with van der Waals surface area (Å²) < 4.78 is 0. The molecule has 1 amide bonds. The van der Waals surface area contributed by atoms with Crippen molar-refractivity contribution in [3.63, 3.8) is 0 Å². The van der Waals surface area contributed by atoms with Gasteiger partial charge in [-0.15, -0.1) is 0 Å². The Kier molecular flexibility index (Phi) is 4.57. The maximum absolute atomic E-state index is 11.5. The molecule has 4 heteroatoms. The quantitative estimate of drug-likeness (QED) is 0.692. The molecule has 0 aromatic rings. The number of piperidine rings is 1. The van der Waals surface area contributed by atoms with E-state index >= 15 is 0 Å². The Bertz CT molecular complexity index is 251. The van der Waals surface area contributed by atoms with E-state index in [1.54, 1.807) is 4.90 Å². The van der Waals surface area contributed by atoms with E-state index in [2.05, 4.69) is 11.8 Å². The maximum Gasteiger partial charge on any atom is 0.236 e. The first-order valence-corrected chi connectivity index (χ1v) is 5.54. The first-order valence-electron chi connectivity index (χ1n) is 5.54. The summed E-state index contributed by atoms with van der Waals surface area (Å²) >= 11 is 0. The minimum atomic E-state index is -0.0487. The summed E-state index contributed by atoms with van der Waals surface area (Å²) in [6.07, 6.45) is 2.06. The molecule has 0 spiro atoms. The lowest BCUT2D eigenvalue weighted by Gasteiger charge is -2.36. The number of hydrogen-bond donors (Lipinski definition) is 0. The zero-order valence-electron chi connectivity index (χ0n) is 9.57. The van der Waals surface area contributed by atoms with Crippen molar-refractivity contribution in [1.82, 2.24) is 9.80 Å². The molecular formula is C11H19N3O. The van der Waals surface area contributed by atoms with Gasteiger partial charge >= 0.3 is 0 Å². The van der Waals surface area contributed by atoms with Gasteiger partial charge in [0.05, 0.1) is 6.07 Å². The summed E-state index contributed by atoms with van der Waals surface area (Å²) in [7, 11) is 1.81. The van der Waals surface area contributed by atoms with Crippen LogP contribution in [0.3, 0.4) is 0 Å². The molecule has 0 saturated carbocycles. The molecule has 15 heavy (non-hydrogen) atoms. The molecule has 0 aromatic heterocycles. The second-order valence-corrected chi connectivity index (χ2v) is 4.00. The van der Waals surface area contributed by atoms with E-state index in [1.807, 2.05) is 13.1 Å². The first kappa shape index (κ1) is 12.0. The summed E-state index contributed by atoms with van der Waals surface area (Å²) in [4.78, 5) is 15.6. The van der Waals surface area contributed by atoms with Crippen LogP contribution >= 0.6 is 0 Å². The lowest BCUT2D eigenvalue weighted by Crippen LogP contribution is -2.45. The van der Waals surface area contributed by atoms with Crippen molar-refractivity contribution < 1.29 is 4.79 Å². The molecule has 1 fully saturated rings. The molecule has 1 rings (SSSR count). The van der Waals surface area contributed by atoms with E-state index in [-0.39, 0.29) is 12.3 Å². The molecular weight excluding hydrogens is 190 g/mol. The van der Waals surface area contributed by atoms with Crippen molar-refractivity contribution in [2.45, 2.75) is 32.2 Å². The lowest BCUT2D eigenvalue weighted by atomic mass is 10.0. The molecule has 1 aliphatic heterocycles. The Labute approximate surface area is 91.5 Å². The summed E-state index contributed by atoms with van der Waals surface area (Å²) in [5, 5.41) is 8.46. The molecule has 0 radical (unpaired) electrons. The highest BCUT2D eigenvalue weighted by Gasteiger charge is 2.24. The number of carbonyl (C=O) groups is 1. The number of nitriles is 1. The van der Waals surface area contributed by atoms with Gasteiger partial charge < -0.3 is 9.80 Å². The topological polar surface area (TPSA) is 47.3 Å². The molecule has 0 N–H and O–H groups in total. The Morgan fingerprint density at radius 2 is 2.13 bits per heavy atom. The Morgan fingerprint density at radius 1 is 1.53 bits per heavy atom. The molecule has 1 saturated heterocycles. The van der Waals surface area contributed by atoms with E-state index in [1.165, 1.54) is 0 Å². The fourth-order valence-corrected chi connectivity index (χ4v) is 2.02. The van der Waals surface area contributed by atoms with Gasteiger partial charge in [-0.2, -0.15) is 5.26 Å². The molecule has 0 unspecified atom stereocenters. The number of amides is 1. The predicted octanol–water partition coefficient (Wildman–Crippen LogP) is 0.843. The molecule has 84 valence electrons. The minimum absolute atomic E-state index is 0.00446. The van der Waals surface area contributed by atoms with Crippen LogP contribution in [-0.2, 0) is 4.79 Å². The zero-order chi connectivity index (χ0) is 11.3. The van der Waals surface area contributed by atoms with Crippen LogP contribution in [0.5, 0.6) is 0 Å². The van der Waals surface area contributed by atoms with E-state index < -0.39 is 0 Å². The molecule has 0 aliphatic carbocycles. The number of carbonyl (C=O) groups excluding carboxylic acids is 1. The Morgan fingerprint density at radius 3 is 2.60 bits per heavy atom. The van der Waals surface area contributed by atoms with Crippen LogP contribution in [0.1, 0.15) is 26.2 Å². The highest BCUT2D eigenvalue weighted by Crippen LogP contribution is 2.15. The van der Waals surface area contributed by atoms with Gasteiger partial charge in [-0.05, 0) is 19.4 Å².